The van der Waals surface area contributed by atoms with Gasteiger partial charge in [-0.25, -0.2) is 4.79 Å². The fourth-order valence-corrected chi connectivity index (χ4v) is 3.36. The number of carbonyl (C=O) groups is 1. The lowest BCUT2D eigenvalue weighted by Crippen LogP contribution is -2.27. The molecule has 0 radical (unpaired) electrons. The molecule has 0 unspecified atom stereocenters. The first-order chi connectivity index (χ1) is 14.7. The molecular formula is C24H32N2O5. The van der Waals surface area contributed by atoms with Gasteiger partial charge in [0.15, 0.2) is 0 Å². The summed E-state index contributed by atoms with van der Waals surface area (Å²) >= 11 is 0. The monoisotopic (exact) mass is 428 g/mol. The smallest absolute Gasteiger partial charge is 0.341 e. The number of benzene rings is 2. The lowest BCUT2D eigenvalue weighted by Gasteiger charge is -2.30. The highest BCUT2D eigenvalue weighted by Gasteiger charge is 2.22. The molecule has 2 aromatic rings. The predicted molar refractivity (Wildman–Crippen MR) is 122 cm³/mol. The summed E-state index contributed by atoms with van der Waals surface area (Å²) in [7, 11) is 1.24. The summed E-state index contributed by atoms with van der Waals surface area (Å²) in [6.45, 7) is 12.5. The van der Waals surface area contributed by atoms with E-state index >= 15 is 0 Å². The highest BCUT2D eigenvalue weighted by Crippen LogP contribution is 2.33. The normalized spacial score (nSPS) is 11.9. The van der Waals surface area contributed by atoms with Crippen LogP contribution in [0, 0.1) is 0 Å². The molecule has 0 spiro atoms. The fraction of sp³-hybridized carbons (Fsp3) is 0.417. The van der Waals surface area contributed by atoms with Gasteiger partial charge in [0.2, 0.25) is 0 Å². The number of hydrogen-bond donors (Lipinski definition) is 2. The van der Waals surface area contributed by atoms with Gasteiger partial charge in [-0.1, -0.05) is 32.0 Å². The molecule has 0 fully saturated rings. The molecule has 7 heteroatoms. The van der Waals surface area contributed by atoms with Crippen LogP contribution in [0.3, 0.4) is 0 Å². The van der Waals surface area contributed by atoms with E-state index in [2.05, 4.69) is 49.4 Å². The van der Waals surface area contributed by atoms with E-state index in [1.54, 1.807) is 6.07 Å². The van der Waals surface area contributed by atoms with E-state index in [9.17, 15) is 15.1 Å². The van der Waals surface area contributed by atoms with E-state index in [1.807, 2.05) is 18.2 Å². The second-order valence-corrected chi connectivity index (χ2v) is 8.16. The van der Waals surface area contributed by atoms with Gasteiger partial charge in [-0.2, -0.15) is 0 Å². The number of hydrogen-bond acceptors (Lipinski definition) is 7. The molecule has 2 N–H and O–H groups in total. The number of phenols is 1. The van der Waals surface area contributed by atoms with E-state index in [0.717, 1.165) is 29.9 Å². The standard InChI is InChI=1S/C24H32N2O5/c1-7-26(8-2)21-12-9-16(13-19(21)24(3,4)5)20(25-29)15-31-17-10-11-18(22(27)14-17)23(28)30-6/h9-14,27,29H,7-8,15H2,1-6H3. The fourth-order valence-electron chi connectivity index (χ4n) is 3.36. The van der Waals surface area contributed by atoms with Crippen LogP contribution in [0.2, 0.25) is 0 Å². The van der Waals surface area contributed by atoms with Crippen LogP contribution in [0.15, 0.2) is 41.6 Å². The van der Waals surface area contributed by atoms with Crippen molar-refractivity contribution in [3.63, 3.8) is 0 Å². The highest BCUT2D eigenvalue weighted by molar-refractivity contribution is 6.02. The number of esters is 1. The molecule has 2 rings (SSSR count). The van der Waals surface area contributed by atoms with Crippen molar-refractivity contribution in [1.29, 1.82) is 0 Å². The van der Waals surface area contributed by atoms with Gasteiger partial charge in [0.25, 0.3) is 0 Å². The zero-order valence-electron chi connectivity index (χ0n) is 19.1. The molecule has 31 heavy (non-hydrogen) atoms. The first kappa shape index (κ1) is 24.1. The van der Waals surface area contributed by atoms with Crippen molar-refractivity contribution in [1.82, 2.24) is 0 Å². The molecular weight excluding hydrogens is 396 g/mol. The van der Waals surface area contributed by atoms with E-state index in [-0.39, 0.29) is 23.3 Å². The zero-order valence-corrected chi connectivity index (χ0v) is 19.1. The molecule has 0 aliphatic carbocycles. The van der Waals surface area contributed by atoms with Crippen LogP contribution in [-0.4, -0.2) is 48.8 Å². The summed E-state index contributed by atoms with van der Waals surface area (Å²) < 4.78 is 10.3. The number of carbonyl (C=O) groups excluding carboxylic acids is 1. The Morgan fingerprint density at radius 2 is 1.77 bits per heavy atom. The third kappa shape index (κ3) is 5.69. The van der Waals surface area contributed by atoms with E-state index in [1.165, 1.54) is 19.2 Å². The van der Waals surface area contributed by atoms with Crippen LogP contribution >= 0.6 is 0 Å². The quantitative estimate of drug-likeness (QED) is 0.277. The zero-order chi connectivity index (χ0) is 23.2. The molecule has 0 aliphatic rings. The van der Waals surface area contributed by atoms with E-state index in [4.69, 9.17) is 4.74 Å². The topological polar surface area (TPSA) is 91.6 Å². The first-order valence-electron chi connectivity index (χ1n) is 10.3. The summed E-state index contributed by atoms with van der Waals surface area (Å²) in [6.07, 6.45) is 0. The molecule has 0 aliphatic heterocycles. The number of anilines is 1. The number of oxime groups is 1. The molecule has 0 saturated carbocycles. The van der Waals surface area contributed by atoms with Crippen LogP contribution < -0.4 is 9.64 Å². The minimum absolute atomic E-state index is 0.0122. The molecule has 0 amide bonds. The van der Waals surface area contributed by atoms with Crippen LogP contribution in [0.4, 0.5) is 5.69 Å². The average molecular weight is 429 g/mol. The third-order valence-corrected chi connectivity index (χ3v) is 5.11. The Labute approximate surface area is 183 Å². The van der Waals surface area contributed by atoms with Crippen LogP contribution in [0.1, 0.15) is 56.1 Å². The van der Waals surface area contributed by atoms with Gasteiger partial charge in [0.05, 0.1) is 7.11 Å². The van der Waals surface area contributed by atoms with E-state index < -0.39 is 5.97 Å². The lowest BCUT2D eigenvalue weighted by atomic mass is 9.84. The second kappa shape index (κ2) is 10.2. The second-order valence-electron chi connectivity index (χ2n) is 8.16. The maximum Gasteiger partial charge on any atom is 0.341 e. The van der Waals surface area contributed by atoms with Crippen molar-refractivity contribution >= 4 is 17.4 Å². The number of rotatable bonds is 8. The summed E-state index contributed by atoms with van der Waals surface area (Å²) in [4.78, 5) is 13.9. The Kier molecular flexibility index (Phi) is 7.91. The van der Waals surface area contributed by atoms with Crippen LogP contribution in [0.25, 0.3) is 0 Å². The SMILES string of the molecule is CCN(CC)c1ccc(C(COc2ccc(C(=O)OC)c(O)c2)=NO)cc1C(C)(C)C. The van der Waals surface area contributed by atoms with Crippen molar-refractivity contribution in [2.75, 3.05) is 31.7 Å². The molecule has 7 nitrogen and oxygen atoms in total. The van der Waals surface area contributed by atoms with Crippen molar-refractivity contribution in [3.8, 4) is 11.5 Å². The van der Waals surface area contributed by atoms with Gasteiger partial charge in [-0.05, 0) is 49.1 Å². The van der Waals surface area contributed by atoms with Crippen molar-refractivity contribution in [2.45, 2.75) is 40.0 Å². The summed E-state index contributed by atoms with van der Waals surface area (Å²) in [5.41, 5.74) is 3.35. The Bertz CT molecular complexity index is 943. The molecule has 0 aromatic heterocycles. The number of nitrogens with zero attached hydrogens (tertiary/aromatic N) is 2. The number of aromatic hydroxyl groups is 1. The summed E-state index contributed by atoms with van der Waals surface area (Å²) in [6, 6.07) is 10.3. The number of phenolic OH excluding ortho intramolecular Hbond substituents is 1. The Balaban J connectivity index is 2.29. The number of methoxy groups -OCH3 is 1. The van der Waals surface area contributed by atoms with Gasteiger partial charge < -0.3 is 24.7 Å². The van der Waals surface area contributed by atoms with E-state index in [0.29, 0.717) is 11.5 Å². The third-order valence-electron chi connectivity index (χ3n) is 5.11. The van der Waals surface area contributed by atoms with Crippen molar-refractivity contribution in [3.05, 3.63) is 53.1 Å². The minimum atomic E-state index is -0.635. The predicted octanol–water partition coefficient (Wildman–Crippen LogP) is 4.58. The molecule has 0 bridgehead atoms. The maximum absolute atomic E-state index is 11.6. The molecule has 0 heterocycles. The molecule has 0 saturated heterocycles. The van der Waals surface area contributed by atoms with Gasteiger partial charge in [-0.3, -0.25) is 0 Å². The first-order valence-corrected chi connectivity index (χ1v) is 10.3. The molecule has 2 aromatic carbocycles. The summed E-state index contributed by atoms with van der Waals surface area (Å²) in [5.74, 6) is -0.544. The van der Waals surface area contributed by atoms with Gasteiger partial charge >= 0.3 is 5.97 Å². The van der Waals surface area contributed by atoms with Crippen molar-refractivity contribution < 1.29 is 24.6 Å². The Hall–Kier alpha value is -3.22. The van der Waals surface area contributed by atoms with Crippen molar-refractivity contribution in [2.24, 2.45) is 5.16 Å². The lowest BCUT2D eigenvalue weighted by molar-refractivity contribution is 0.0597. The minimum Gasteiger partial charge on any atom is -0.507 e. The average Bonchev–Trinajstić information content (AvgIpc) is 2.74. The Morgan fingerprint density at radius 1 is 1.10 bits per heavy atom. The van der Waals surface area contributed by atoms with Crippen LogP contribution in [-0.2, 0) is 10.2 Å². The number of ether oxygens (including phenoxy) is 2. The van der Waals surface area contributed by atoms with Gasteiger partial charge in [0.1, 0.15) is 29.4 Å². The largest absolute Gasteiger partial charge is 0.507 e. The molecule has 168 valence electrons. The van der Waals surface area contributed by atoms with Crippen LogP contribution in [0.5, 0.6) is 11.5 Å². The molecule has 0 atom stereocenters. The Morgan fingerprint density at radius 3 is 2.29 bits per heavy atom. The maximum atomic E-state index is 11.6. The van der Waals surface area contributed by atoms with Gasteiger partial charge in [-0.15, -0.1) is 0 Å². The summed E-state index contributed by atoms with van der Waals surface area (Å²) in [5, 5.41) is 23.1. The van der Waals surface area contributed by atoms with Gasteiger partial charge in [0, 0.05) is 30.4 Å². The highest BCUT2D eigenvalue weighted by atomic mass is 16.5.